The first-order valence-electron chi connectivity index (χ1n) is 5.91. The van der Waals surface area contributed by atoms with E-state index in [4.69, 9.17) is 16.3 Å². The lowest BCUT2D eigenvalue weighted by molar-refractivity contribution is 0.304. The summed E-state index contributed by atoms with van der Waals surface area (Å²) in [5, 5.41) is 0. The van der Waals surface area contributed by atoms with Gasteiger partial charge in [-0.15, -0.1) is 11.6 Å². The third kappa shape index (κ3) is 4.05. The van der Waals surface area contributed by atoms with Crippen molar-refractivity contribution in [3.05, 3.63) is 28.8 Å². The van der Waals surface area contributed by atoms with Gasteiger partial charge in [-0.1, -0.05) is 6.07 Å². The van der Waals surface area contributed by atoms with Gasteiger partial charge in [-0.05, 0) is 62.8 Å². The van der Waals surface area contributed by atoms with E-state index < -0.39 is 0 Å². The Bertz CT molecular complexity index is 334. The second kappa shape index (κ2) is 6.80. The Morgan fingerprint density at radius 1 is 1.06 bits per heavy atom. The Labute approximate surface area is 104 Å². The zero-order valence-electron chi connectivity index (χ0n) is 10.5. The summed E-state index contributed by atoms with van der Waals surface area (Å²) in [7, 11) is 0. The molecule has 0 spiro atoms. The quantitative estimate of drug-likeness (QED) is 0.529. The van der Waals surface area contributed by atoms with Crippen LogP contribution in [0.1, 0.15) is 36.0 Å². The molecule has 1 rings (SSSR count). The molecule has 1 aromatic carbocycles. The number of ether oxygens (including phenoxy) is 1. The Morgan fingerprint density at radius 2 is 1.81 bits per heavy atom. The van der Waals surface area contributed by atoms with Crippen LogP contribution in [0.2, 0.25) is 0 Å². The Morgan fingerprint density at radius 3 is 2.50 bits per heavy atom. The highest BCUT2D eigenvalue weighted by molar-refractivity contribution is 6.17. The van der Waals surface area contributed by atoms with Gasteiger partial charge in [0.2, 0.25) is 0 Å². The summed E-state index contributed by atoms with van der Waals surface area (Å²) < 4.78 is 5.80. The molecule has 0 fully saturated rings. The SMILES string of the molecule is Cc1cc(C)c(C)c(OCCCCCCl)c1. The smallest absolute Gasteiger partial charge is 0.122 e. The molecule has 0 atom stereocenters. The second-order valence-corrected chi connectivity index (χ2v) is 4.68. The molecule has 16 heavy (non-hydrogen) atoms. The number of hydrogen-bond acceptors (Lipinski definition) is 1. The fourth-order valence-electron chi connectivity index (χ4n) is 1.71. The highest BCUT2D eigenvalue weighted by atomic mass is 35.5. The fourth-order valence-corrected chi connectivity index (χ4v) is 1.90. The third-order valence-corrected chi connectivity index (χ3v) is 3.07. The molecular weight excluding hydrogens is 220 g/mol. The fraction of sp³-hybridized carbons (Fsp3) is 0.571. The summed E-state index contributed by atoms with van der Waals surface area (Å²) in [6.45, 7) is 7.14. The molecule has 0 aliphatic carbocycles. The third-order valence-electron chi connectivity index (χ3n) is 2.80. The van der Waals surface area contributed by atoms with Crippen LogP contribution in [0.5, 0.6) is 5.75 Å². The molecule has 0 unspecified atom stereocenters. The molecule has 0 aromatic heterocycles. The zero-order valence-corrected chi connectivity index (χ0v) is 11.2. The molecule has 0 aliphatic heterocycles. The lowest BCUT2D eigenvalue weighted by Gasteiger charge is -2.12. The Kier molecular flexibility index (Phi) is 5.68. The molecular formula is C14H21ClO. The van der Waals surface area contributed by atoms with E-state index in [1.165, 1.54) is 16.7 Å². The lowest BCUT2D eigenvalue weighted by Crippen LogP contribution is -2.00. The molecule has 0 heterocycles. The normalized spacial score (nSPS) is 10.5. The first-order valence-corrected chi connectivity index (χ1v) is 6.45. The predicted molar refractivity (Wildman–Crippen MR) is 70.7 cm³/mol. The number of aryl methyl sites for hydroxylation is 2. The number of halogens is 1. The molecule has 2 heteroatoms. The van der Waals surface area contributed by atoms with E-state index in [1.807, 2.05) is 0 Å². The van der Waals surface area contributed by atoms with Gasteiger partial charge in [0.1, 0.15) is 5.75 Å². The van der Waals surface area contributed by atoms with E-state index >= 15 is 0 Å². The van der Waals surface area contributed by atoms with Crippen molar-refractivity contribution >= 4 is 11.6 Å². The van der Waals surface area contributed by atoms with Gasteiger partial charge >= 0.3 is 0 Å². The van der Waals surface area contributed by atoms with Crippen LogP contribution in [0.3, 0.4) is 0 Å². The minimum atomic E-state index is 0.753. The van der Waals surface area contributed by atoms with Crippen LogP contribution in [-0.4, -0.2) is 12.5 Å². The summed E-state index contributed by atoms with van der Waals surface area (Å²) in [5.74, 6) is 1.78. The number of alkyl halides is 1. The van der Waals surface area contributed by atoms with Crippen LogP contribution in [0.15, 0.2) is 12.1 Å². The van der Waals surface area contributed by atoms with Crippen molar-refractivity contribution in [1.82, 2.24) is 0 Å². The van der Waals surface area contributed by atoms with Gasteiger partial charge in [0, 0.05) is 5.88 Å². The summed E-state index contributed by atoms with van der Waals surface area (Å²) in [5.41, 5.74) is 3.82. The number of hydrogen-bond donors (Lipinski definition) is 0. The van der Waals surface area contributed by atoms with Gasteiger partial charge in [-0.3, -0.25) is 0 Å². The van der Waals surface area contributed by atoms with Crippen LogP contribution in [0, 0.1) is 20.8 Å². The molecule has 0 bridgehead atoms. The van der Waals surface area contributed by atoms with Gasteiger partial charge in [0.15, 0.2) is 0 Å². The van der Waals surface area contributed by atoms with E-state index in [1.54, 1.807) is 0 Å². The maximum absolute atomic E-state index is 5.80. The second-order valence-electron chi connectivity index (χ2n) is 4.30. The maximum atomic E-state index is 5.80. The number of rotatable bonds is 6. The summed E-state index contributed by atoms with van der Waals surface area (Å²) in [4.78, 5) is 0. The standard InChI is InChI=1S/C14H21ClO/c1-11-9-12(2)13(3)14(10-11)16-8-6-4-5-7-15/h9-10H,4-8H2,1-3H3. The van der Waals surface area contributed by atoms with Crippen LogP contribution >= 0.6 is 11.6 Å². The van der Waals surface area contributed by atoms with E-state index in [9.17, 15) is 0 Å². The molecule has 0 saturated carbocycles. The van der Waals surface area contributed by atoms with Crippen LogP contribution in [0.4, 0.5) is 0 Å². The van der Waals surface area contributed by atoms with E-state index in [-0.39, 0.29) is 0 Å². The van der Waals surface area contributed by atoms with E-state index in [0.717, 1.165) is 37.5 Å². The average molecular weight is 241 g/mol. The van der Waals surface area contributed by atoms with Crippen molar-refractivity contribution < 1.29 is 4.74 Å². The van der Waals surface area contributed by atoms with Gasteiger partial charge in [0.25, 0.3) is 0 Å². The summed E-state index contributed by atoms with van der Waals surface area (Å²) in [6.07, 6.45) is 3.31. The lowest BCUT2D eigenvalue weighted by atomic mass is 10.1. The molecule has 90 valence electrons. The Balaban J connectivity index is 2.47. The van der Waals surface area contributed by atoms with Crippen molar-refractivity contribution in [2.75, 3.05) is 12.5 Å². The van der Waals surface area contributed by atoms with Crippen molar-refractivity contribution in [3.63, 3.8) is 0 Å². The highest BCUT2D eigenvalue weighted by Gasteiger charge is 2.03. The van der Waals surface area contributed by atoms with Crippen molar-refractivity contribution in [2.24, 2.45) is 0 Å². The first-order chi connectivity index (χ1) is 7.65. The Hall–Kier alpha value is -0.690. The minimum Gasteiger partial charge on any atom is -0.493 e. The minimum absolute atomic E-state index is 0.753. The molecule has 0 amide bonds. The van der Waals surface area contributed by atoms with E-state index in [0.29, 0.717) is 0 Å². The van der Waals surface area contributed by atoms with Crippen LogP contribution in [0.25, 0.3) is 0 Å². The molecule has 1 aromatic rings. The average Bonchev–Trinajstić information content (AvgIpc) is 2.24. The van der Waals surface area contributed by atoms with Crippen LogP contribution in [-0.2, 0) is 0 Å². The first kappa shape index (κ1) is 13.4. The zero-order chi connectivity index (χ0) is 12.0. The van der Waals surface area contributed by atoms with Crippen molar-refractivity contribution in [3.8, 4) is 5.75 Å². The van der Waals surface area contributed by atoms with Gasteiger partial charge in [0.05, 0.1) is 6.61 Å². The summed E-state index contributed by atoms with van der Waals surface area (Å²) >= 11 is 5.62. The largest absolute Gasteiger partial charge is 0.493 e. The van der Waals surface area contributed by atoms with Gasteiger partial charge < -0.3 is 4.74 Å². The maximum Gasteiger partial charge on any atom is 0.122 e. The topological polar surface area (TPSA) is 9.23 Å². The predicted octanol–water partition coefficient (Wildman–Crippen LogP) is 4.40. The molecule has 0 aliphatic rings. The number of benzene rings is 1. The molecule has 0 saturated heterocycles. The van der Waals surface area contributed by atoms with Crippen molar-refractivity contribution in [1.29, 1.82) is 0 Å². The molecule has 0 N–H and O–H groups in total. The molecule has 1 nitrogen and oxygen atoms in total. The van der Waals surface area contributed by atoms with Crippen molar-refractivity contribution in [2.45, 2.75) is 40.0 Å². The highest BCUT2D eigenvalue weighted by Crippen LogP contribution is 2.23. The number of unbranched alkanes of at least 4 members (excludes halogenated alkanes) is 2. The van der Waals surface area contributed by atoms with Gasteiger partial charge in [-0.25, -0.2) is 0 Å². The summed E-state index contributed by atoms with van der Waals surface area (Å²) in [6, 6.07) is 4.31. The monoisotopic (exact) mass is 240 g/mol. The molecule has 0 radical (unpaired) electrons. The van der Waals surface area contributed by atoms with Crippen LogP contribution < -0.4 is 4.74 Å². The van der Waals surface area contributed by atoms with E-state index in [2.05, 4.69) is 32.9 Å². The van der Waals surface area contributed by atoms with Gasteiger partial charge in [-0.2, -0.15) is 0 Å².